The van der Waals surface area contributed by atoms with Gasteiger partial charge in [0.15, 0.2) is 0 Å². The highest BCUT2D eigenvalue weighted by molar-refractivity contribution is 5.69. The fraction of sp³-hybridized carbons (Fsp3) is 0.900. The van der Waals surface area contributed by atoms with Gasteiger partial charge in [0.05, 0.1) is 13.0 Å². The van der Waals surface area contributed by atoms with Crippen LogP contribution in [0.1, 0.15) is 39.0 Å². The summed E-state index contributed by atoms with van der Waals surface area (Å²) in [4.78, 5) is 21.7. The van der Waals surface area contributed by atoms with E-state index in [0.717, 1.165) is 19.3 Å². The molecule has 0 heterocycles. The number of ether oxygens (including phenoxy) is 1. The molecule has 2 atom stereocenters. The molecule has 1 aliphatic carbocycles. The maximum absolute atomic E-state index is 11.2. The Morgan fingerprint density at radius 3 is 2.73 bits per heavy atom. The summed E-state index contributed by atoms with van der Waals surface area (Å²) in [5.41, 5.74) is 0. The van der Waals surface area contributed by atoms with Gasteiger partial charge >= 0.3 is 5.97 Å². The number of carbonyl (C=O) groups excluding carboxylic acids is 1. The molecule has 5 heteroatoms. The smallest absolute Gasteiger partial charge is 0.306 e. The summed E-state index contributed by atoms with van der Waals surface area (Å²) >= 11 is 0. The molecule has 0 amide bonds. The second-order valence-electron chi connectivity index (χ2n) is 3.91. The lowest BCUT2D eigenvalue weighted by Gasteiger charge is -2.24. The van der Waals surface area contributed by atoms with Crippen LogP contribution in [0, 0.1) is 16.0 Å². The van der Waals surface area contributed by atoms with Crippen molar-refractivity contribution in [3.8, 4) is 0 Å². The van der Waals surface area contributed by atoms with Crippen LogP contribution in [0.3, 0.4) is 0 Å². The van der Waals surface area contributed by atoms with Gasteiger partial charge in [0, 0.05) is 17.3 Å². The van der Waals surface area contributed by atoms with Crippen molar-refractivity contribution in [2.24, 2.45) is 5.92 Å². The minimum absolute atomic E-state index is 0.132. The highest BCUT2D eigenvalue weighted by Gasteiger charge is 2.35. The van der Waals surface area contributed by atoms with E-state index in [2.05, 4.69) is 0 Å². The zero-order chi connectivity index (χ0) is 11.3. The van der Waals surface area contributed by atoms with Crippen molar-refractivity contribution in [3.05, 3.63) is 10.1 Å². The van der Waals surface area contributed by atoms with E-state index >= 15 is 0 Å². The van der Waals surface area contributed by atoms with Gasteiger partial charge in [-0.1, -0.05) is 6.42 Å². The first kappa shape index (κ1) is 11.9. The number of nitrogens with zero attached hydrogens (tertiary/aromatic N) is 1. The van der Waals surface area contributed by atoms with Gasteiger partial charge in [0.1, 0.15) is 0 Å². The Kier molecular flexibility index (Phi) is 4.52. The molecule has 1 fully saturated rings. The van der Waals surface area contributed by atoms with Crippen LogP contribution in [0.5, 0.6) is 0 Å². The first-order chi connectivity index (χ1) is 7.15. The third-order valence-corrected chi connectivity index (χ3v) is 2.87. The Morgan fingerprint density at radius 1 is 1.47 bits per heavy atom. The van der Waals surface area contributed by atoms with Crippen molar-refractivity contribution in [2.75, 3.05) is 6.61 Å². The Bertz CT molecular complexity index is 242. The Labute approximate surface area is 88.9 Å². The Morgan fingerprint density at radius 2 is 2.13 bits per heavy atom. The molecule has 0 saturated heterocycles. The van der Waals surface area contributed by atoms with Gasteiger partial charge in [-0.05, 0) is 19.8 Å². The Balaban J connectivity index is 2.49. The minimum Gasteiger partial charge on any atom is -0.466 e. The van der Waals surface area contributed by atoms with Crippen LogP contribution >= 0.6 is 0 Å². The third kappa shape index (κ3) is 3.49. The first-order valence-corrected chi connectivity index (χ1v) is 5.44. The molecular formula is C10H17NO4. The van der Waals surface area contributed by atoms with E-state index in [1.807, 2.05) is 0 Å². The average Bonchev–Trinajstić information content (AvgIpc) is 2.18. The van der Waals surface area contributed by atoms with Gasteiger partial charge in [-0.2, -0.15) is 0 Å². The first-order valence-electron chi connectivity index (χ1n) is 5.44. The number of carbonyl (C=O) groups is 1. The van der Waals surface area contributed by atoms with Crippen molar-refractivity contribution in [1.29, 1.82) is 0 Å². The molecule has 15 heavy (non-hydrogen) atoms. The summed E-state index contributed by atoms with van der Waals surface area (Å²) in [6, 6.07) is -0.553. The van der Waals surface area contributed by atoms with E-state index in [1.54, 1.807) is 6.92 Å². The highest BCUT2D eigenvalue weighted by atomic mass is 16.6. The maximum Gasteiger partial charge on any atom is 0.306 e. The number of hydrogen-bond donors (Lipinski definition) is 0. The van der Waals surface area contributed by atoms with Crippen molar-refractivity contribution in [3.63, 3.8) is 0 Å². The molecule has 0 N–H and O–H groups in total. The molecule has 0 aromatic heterocycles. The molecule has 0 aliphatic heterocycles. The quantitative estimate of drug-likeness (QED) is 0.407. The Hall–Kier alpha value is -1.13. The molecule has 0 radical (unpaired) electrons. The second-order valence-corrected chi connectivity index (χ2v) is 3.91. The van der Waals surface area contributed by atoms with Gasteiger partial charge in [-0.3, -0.25) is 14.9 Å². The maximum atomic E-state index is 11.2. The summed E-state index contributed by atoms with van der Waals surface area (Å²) < 4.78 is 4.81. The van der Waals surface area contributed by atoms with Crippen molar-refractivity contribution in [1.82, 2.24) is 0 Å². The zero-order valence-electron chi connectivity index (χ0n) is 8.98. The summed E-state index contributed by atoms with van der Waals surface area (Å²) in [6.07, 6.45) is 3.43. The zero-order valence-corrected chi connectivity index (χ0v) is 8.98. The lowest BCUT2D eigenvalue weighted by molar-refractivity contribution is -0.535. The summed E-state index contributed by atoms with van der Waals surface area (Å²) in [5.74, 6) is -0.441. The number of esters is 1. The lowest BCUT2D eigenvalue weighted by Crippen LogP contribution is -2.33. The molecule has 0 aromatic rings. The number of nitro groups is 1. The average molecular weight is 215 g/mol. The van der Waals surface area contributed by atoms with E-state index in [9.17, 15) is 14.9 Å². The largest absolute Gasteiger partial charge is 0.466 e. The van der Waals surface area contributed by atoms with Crippen molar-refractivity contribution >= 4 is 5.97 Å². The second kappa shape index (κ2) is 5.68. The number of rotatable bonds is 4. The fourth-order valence-electron chi connectivity index (χ4n) is 2.14. The van der Waals surface area contributed by atoms with E-state index in [-0.39, 0.29) is 23.2 Å². The number of hydrogen-bond acceptors (Lipinski definition) is 4. The van der Waals surface area contributed by atoms with E-state index in [1.165, 1.54) is 0 Å². The SMILES string of the molecule is CCOC(=O)CC1CCCCC1[N+](=O)[O-]. The van der Waals surface area contributed by atoms with E-state index in [4.69, 9.17) is 4.74 Å². The fourth-order valence-corrected chi connectivity index (χ4v) is 2.14. The van der Waals surface area contributed by atoms with Crippen LogP contribution in [-0.4, -0.2) is 23.5 Å². The lowest BCUT2D eigenvalue weighted by atomic mass is 9.83. The predicted molar refractivity (Wildman–Crippen MR) is 54.0 cm³/mol. The summed E-state index contributed by atoms with van der Waals surface area (Å²) in [5, 5.41) is 10.8. The van der Waals surface area contributed by atoms with Crippen molar-refractivity contribution in [2.45, 2.75) is 45.1 Å². The van der Waals surface area contributed by atoms with Crippen LogP contribution in [0.15, 0.2) is 0 Å². The van der Waals surface area contributed by atoms with Crippen LogP contribution in [0.4, 0.5) is 0 Å². The molecule has 1 aliphatic rings. The normalized spacial score (nSPS) is 25.9. The summed E-state index contributed by atoms with van der Waals surface area (Å²) in [6.45, 7) is 2.08. The standard InChI is InChI=1S/C10H17NO4/c1-2-15-10(12)7-8-5-3-4-6-9(8)11(13)14/h8-9H,2-7H2,1H3. The molecule has 1 saturated carbocycles. The third-order valence-electron chi connectivity index (χ3n) is 2.87. The molecule has 0 aromatic carbocycles. The minimum atomic E-state index is -0.553. The van der Waals surface area contributed by atoms with E-state index < -0.39 is 6.04 Å². The predicted octanol–water partition coefficient (Wildman–Crippen LogP) is 1.78. The summed E-state index contributed by atoms with van der Waals surface area (Å²) in [7, 11) is 0. The van der Waals surface area contributed by atoms with Crippen LogP contribution in [-0.2, 0) is 9.53 Å². The van der Waals surface area contributed by atoms with Gasteiger partial charge in [-0.25, -0.2) is 0 Å². The highest BCUT2D eigenvalue weighted by Crippen LogP contribution is 2.29. The van der Waals surface area contributed by atoms with Gasteiger partial charge in [0.2, 0.25) is 6.04 Å². The molecule has 2 unspecified atom stereocenters. The van der Waals surface area contributed by atoms with Crippen LogP contribution in [0.2, 0.25) is 0 Å². The molecular weight excluding hydrogens is 198 g/mol. The molecule has 0 bridgehead atoms. The van der Waals surface area contributed by atoms with E-state index in [0.29, 0.717) is 13.0 Å². The topological polar surface area (TPSA) is 69.4 Å². The molecule has 5 nitrogen and oxygen atoms in total. The van der Waals surface area contributed by atoms with Gasteiger partial charge in [0.25, 0.3) is 0 Å². The van der Waals surface area contributed by atoms with Crippen LogP contribution < -0.4 is 0 Å². The van der Waals surface area contributed by atoms with Crippen LogP contribution in [0.25, 0.3) is 0 Å². The van der Waals surface area contributed by atoms with Gasteiger partial charge < -0.3 is 4.74 Å². The molecule has 1 rings (SSSR count). The molecule has 86 valence electrons. The monoisotopic (exact) mass is 215 g/mol. The molecule has 0 spiro atoms. The van der Waals surface area contributed by atoms with Crippen molar-refractivity contribution < 1.29 is 14.5 Å². The van der Waals surface area contributed by atoms with Gasteiger partial charge in [-0.15, -0.1) is 0 Å².